The first-order chi connectivity index (χ1) is 14.0. The van der Waals surface area contributed by atoms with Crippen molar-refractivity contribution >= 4 is 17.5 Å². The number of rotatable bonds is 4. The molecule has 0 aliphatic heterocycles. The first-order valence-corrected chi connectivity index (χ1v) is 10.7. The number of carbonyl (C=O) groups excluding carboxylic acids is 2. The first kappa shape index (κ1) is 18.5. The molecule has 0 radical (unpaired) electrons. The number of carbonyl (C=O) groups is 2. The van der Waals surface area contributed by atoms with Gasteiger partial charge in [-0.15, -0.1) is 0 Å². The van der Waals surface area contributed by atoms with E-state index in [1.165, 1.54) is 38.5 Å². The minimum Gasteiger partial charge on any atom is -0.465 e. The molecule has 4 bridgehead atoms. The summed E-state index contributed by atoms with van der Waals surface area (Å²) < 4.78 is 6.22. The van der Waals surface area contributed by atoms with Crippen molar-refractivity contribution in [2.75, 3.05) is 12.4 Å². The van der Waals surface area contributed by atoms with Crippen LogP contribution in [0.25, 0.3) is 0 Å². The Kier molecular flexibility index (Phi) is 4.30. The van der Waals surface area contributed by atoms with Gasteiger partial charge in [0.05, 0.1) is 16.8 Å². The van der Waals surface area contributed by atoms with E-state index < -0.39 is 0 Å². The molecule has 0 unspecified atom stereocenters. The highest BCUT2D eigenvalue weighted by Gasteiger charge is 2.53. The largest absolute Gasteiger partial charge is 0.465 e. The molecule has 4 saturated carbocycles. The van der Waals surface area contributed by atoms with Crippen LogP contribution in [0.15, 0.2) is 34.7 Å². The third-order valence-corrected chi connectivity index (χ3v) is 7.37. The van der Waals surface area contributed by atoms with Crippen molar-refractivity contribution in [1.82, 2.24) is 5.32 Å². The van der Waals surface area contributed by atoms with Crippen molar-refractivity contribution in [3.8, 4) is 0 Å². The molecule has 1 aromatic carbocycles. The molecule has 4 aliphatic carbocycles. The van der Waals surface area contributed by atoms with Crippen LogP contribution in [0.5, 0.6) is 0 Å². The van der Waals surface area contributed by atoms with Crippen LogP contribution >= 0.6 is 0 Å². The third-order valence-electron chi connectivity index (χ3n) is 7.37. The highest BCUT2D eigenvalue weighted by Crippen LogP contribution is 2.61. The Hall–Kier alpha value is -2.56. The molecule has 2 N–H and O–H groups in total. The fourth-order valence-electron chi connectivity index (χ4n) is 6.50. The predicted molar refractivity (Wildman–Crippen MR) is 111 cm³/mol. The molecule has 6 rings (SSSR count). The summed E-state index contributed by atoms with van der Waals surface area (Å²) in [7, 11) is 1.58. The lowest BCUT2D eigenvalue weighted by Gasteiger charge is -2.55. The van der Waals surface area contributed by atoms with Crippen LogP contribution in [-0.2, 0) is 5.41 Å². The van der Waals surface area contributed by atoms with Gasteiger partial charge in [-0.2, -0.15) is 0 Å². The van der Waals surface area contributed by atoms with Gasteiger partial charge in [-0.25, -0.2) is 0 Å². The van der Waals surface area contributed by atoms with Gasteiger partial charge >= 0.3 is 0 Å². The van der Waals surface area contributed by atoms with Gasteiger partial charge < -0.3 is 15.1 Å². The van der Waals surface area contributed by atoms with E-state index >= 15 is 0 Å². The molecule has 152 valence electrons. The smallest absolute Gasteiger partial charge is 0.259 e. The number of hydrogen-bond donors (Lipinski definition) is 2. The number of benzene rings is 1. The molecule has 1 heterocycles. The monoisotopic (exact) mass is 392 g/mol. The Morgan fingerprint density at radius 3 is 2.21 bits per heavy atom. The molecule has 5 nitrogen and oxygen atoms in total. The number of furan rings is 1. The summed E-state index contributed by atoms with van der Waals surface area (Å²) in [6.07, 6.45) is 7.74. The zero-order chi connectivity index (χ0) is 20.2. The molecule has 0 saturated heterocycles. The van der Waals surface area contributed by atoms with Crippen molar-refractivity contribution < 1.29 is 14.0 Å². The topological polar surface area (TPSA) is 71.3 Å². The van der Waals surface area contributed by atoms with E-state index in [0.717, 1.165) is 23.5 Å². The SMILES string of the molecule is CNC(=O)c1ccccc1NC(=O)c1cc(C23CC4CC(CC(C4)C2)C3)oc1C. The van der Waals surface area contributed by atoms with Crippen LogP contribution in [0.3, 0.4) is 0 Å². The van der Waals surface area contributed by atoms with Crippen molar-refractivity contribution in [2.24, 2.45) is 17.8 Å². The van der Waals surface area contributed by atoms with Crippen LogP contribution in [0.4, 0.5) is 5.69 Å². The number of para-hydroxylation sites is 1. The molecule has 4 fully saturated rings. The molecular weight excluding hydrogens is 364 g/mol. The molecule has 2 aromatic rings. The maximum atomic E-state index is 13.0. The molecule has 0 atom stereocenters. The maximum Gasteiger partial charge on any atom is 0.259 e. The van der Waals surface area contributed by atoms with Crippen molar-refractivity contribution in [3.63, 3.8) is 0 Å². The summed E-state index contributed by atoms with van der Waals surface area (Å²) in [5.41, 5.74) is 1.65. The Morgan fingerprint density at radius 1 is 0.966 bits per heavy atom. The Bertz CT molecular complexity index is 939. The lowest BCUT2D eigenvalue weighted by molar-refractivity contribution is -0.0154. The number of nitrogens with one attached hydrogen (secondary N) is 2. The summed E-state index contributed by atoms with van der Waals surface area (Å²) in [6.45, 7) is 1.86. The Morgan fingerprint density at radius 2 is 1.59 bits per heavy atom. The zero-order valence-corrected chi connectivity index (χ0v) is 17.1. The minimum atomic E-state index is -0.224. The minimum absolute atomic E-state index is 0.123. The van der Waals surface area contributed by atoms with E-state index in [1.807, 2.05) is 19.1 Å². The fourth-order valence-corrected chi connectivity index (χ4v) is 6.50. The summed E-state index contributed by atoms with van der Waals surface area (Å²) >= 11 is 0. The van der Waals surface area contributed by atoms with Gasteiger partial charge in [0.1, 0.15) is 11.5 Å². The van der Waals surface area contributed by atoms with Gasteiger partial charge in [0.15, 0.2) is 0 Å². The Balaban J connectivity index is 1.42. The molecule has 29 heavy (non-hydrogen) atoms. The van der Waals surface area contributed by atoms with Gasteiger partial charge in [-0.3, -0.25) is 9.59 Å². The summed E-state index contributed by atoms with van der Waals surface area (Å²) in [6, 6.07) is 9.02. The van der Waals surface area contributed by atoms with Gasteiger partial charge in [0.2, 0.25) is 0 Å². The van der Waals surface area contributed by atoms with E-state index in [9.17, 15) is 9.59 Å². The van der Waals surface area contributed by atoms with Gasteiger partial charge in [-0.1, -0.05) is 12.1 Å². The highest BCUT2D eigenvalue weighted by molar-refractivity contribution is 6.09. The number of amides is 2. The van der Waals surface area contributed by atoms with Gasteiger partial charge in [0, 0.05) is 12.5 Å². The summed E-state index contributed by atoms with van der Waals surface area (Å²) in [4.78, 5) is 25.1. The van der Waals surface area contributed by atoms with Gasteiger partial charge in [-0.05, 0) is 81.4 Å². The van der Waals surface area contributed by atoms with E-state index in [2.05, 4.69) is 10.6 Å². The third kappa shape index (κ3) is 3.07. The van der Waals surface area contributed by atoms with Gasteiger partial charge in [0.25, 0.3) is 11.8 Å². The highest BCUT2D eigenvalue weighted by atomic mass is 16.3. The second-order valence-electron chi connectivity index (χ2n) is 9.36. The number of hydrogen-bond acceptors (Lipinski definition) is 3. The molecule has 4 aliphatic rings. The van der Waals surface area contributed by atoms with Crippen molar-refractivity contribution in [2.45, 2.75) is 50.9 Å². The molecule has 5 heteroatoms. The Labute approximate surface area is 171 Å². The lowest BCUT2D eigenvalue weighted by Crippen LogP contribution is -2.48. The van der Waals surface area contributed by atoms with Crippen LogP contribution in [0.2, 0.25) is 0 Å². The molecular formula is C24H28N2O3. The summed E-state index contributed by atoms with van der Waals surface area (Å²) in [5.74, 6) is 3.68. The lowest BCUT2D eigenvalue weighted by atomic mass is 9.49. The van der Waals surface area contributed by atoms with E-state index in [-0.39, 0.29) is 17.2 Å². The summed E-state index contributed by atoms with van der Waals surface area (Å²) in [5, 5.41) is 5.53. The van der Waals surface area contributed by atoms with E-state index in [0.29, 0.717) is 22.6 Å². The molecule has 1 aromatic heterocycles. The standard InChI is InChI=1S/C24H28N2O3/c1-14-19(23(28)26-20-6-4-3-5-18(20)22(27)25-2)10-21(29-14)24-11-15-7-16(12-24)9-17(8-15)13-24/h3-6,10,15-17H,7-9,11-13H2,1-2H3,(H,25,27)(H,26,28). The first-order valence-electron chi connectivity index (χ1n) is 10.7. The second kappa shape index (κ2) is 6.75. The fraction of sp³-hybridized carbons (Fsp3) is 0.500. The number of aryl methyl sites for hydroxylation is 1. The number of anilines is 1. The van der Waals surface area contributed by atoms with Crippen LogP contribution < -0.4 is 10.6 Å². The molecule has 2 amide bonds. The quantitative estimate of drug-likeness (QED) is 0.794. The second-order valence-corrected chi connectivity index (χ2v) is 9.36. The van der Waals surface area contributed by atoms with Crippen LogP contribution in [0, 0.1) is 24.7 Å². The van der Waals surface area contributed by atoms with Crippen molar-refractivity contribution in [3.05, 3.63) is 53.0 Å². The van der Waals surface area contributed by atoms with E-state index in [4.69, 9.17) is 4.42 Å². The normalized spacial score (nSPS) is 29.7. The predicted octanol–water partition coefficient (Wildman–Crippen LogP) is 4.67. The van der Waals surface area contributed by atoms with Crippen molar-refractivity contribution in [1.29, 1.82) is 0 Å². The van der Waals surface area contributed by atoms with E-state index in [1.54, 1.807) is 25.2 Å². The van der Waals surface area contributed by atoms with Crippen LogP contribution in [-0.4, -0.2) is 18.9 Å². The molecule has 0 spiro atoms. The zero-order valence-electron chi connectivity index (χ0n) is 17.1. The average Bonchev–Trinajstić information content (AvgIpc) is 3.09. The average molecular weight is 392 g/mol. The maximum absolute atomic E-state index is 13.0. The van der Waals surface area contributed by atoms with Crippen LogP contribution in [0.1, 0.15) is 70.8 Å².